The maximum Gasteiger partial charge on any atom is 0.176 e. The van der Waals surface area contributed by atoms with E-state index in [-0.39, 0.29) is 12.1 Å². The first-order chi connectivity index (χ1) is 20.8. The molecule has 1 atom stereocenters. The van der Waals surface area contributed by atoms with E-state index in [4.69, 9.17) is 26.1 Å². The van der Waals surface area contributed by atoms with E-state index in [1.807, 2.05) is 31.2 Å². The predicted octanol–water partition coefficient (Wildman–Crippen LogP) is 3.94. The molecule has 0 aromatic carbocycles. The second kappa shape index (κ2) is 15.9. The number of hydrogen-bond acceptors (Lipinski definition) is 11. The third-order valence-electron chi connectivity index (χ3n) is 8.05. The summed E-state index contributed by atoms with van der Waals surface area (Å²) in [6.07, 6.45) is 7.42. The van der Waals surface area contributed by atoms with Gasteiger partial charge in [-0.1, -0.05) is 17.7 Å². The Kier molecular flexibility index (Phi) is 12.0. The van der Waals surface area contributed by atoms with Gasteiger partial charge in [-0.15, -0.1) is 5.10 Å². The zero-order valence-corrected chi connectivity index (χ0v) is 26.1. The molecular weight excluding hydrogens is 568 g/mol. The quantitative estimate of drug-likeness (QED) is 0.212. The molecule has 0 radical (unpaired) electrons. The van der Waals surface area contributed by atoms with Crippen LogP contribution in [-0.4, -0.2) is 76.4 Å². The fraction of sp³-hybridized carbons (Fsp3) is 0.600. The highest BCUT2D eigenvalue weighted by molar-refractivity contribution is 6.32. The molecule has 1 aliphatic carbocycles. The Hall–Kier alpha value is -3.37. The molecule has 0 bridgehead atoms. The van der Waals surface area contributed by atoms with E-state index >= 15 is 0 Å². The lowest BCUT2D eigenvalue weighted by molar-refractivity contribution is 0.0455. The van der Waals surface area contributed by atoms with Crippen molar-refractivity contribution in [3.8, 4) is 6.07 Å². The Balaban J connectivity index is 1.28. The number of tetrazole rings is 1. The van der Waals surface area contributed by atoms with Crippen LogP contribution in [0.5, 0.6) is 0 Å². The van der Waals surface area contributed by atoms with Crippen molar-refractivity contribution in [2.75, 3.05) is 31.7 Å². The topological polar surface area (TPSA) is 147 Å². The molecule has 2 aromatic rings. The Morgan fingerprint density at radius 1 is 1.30 bits per heavy atom. The van der Waals surface area contributed by atoms with Gasteiger partial charge in [-0.3, -0.25) is 0 Å². The summed E-state index contributed by atoms with van der Waals surface area (Å²) in [7, 11) is 1.80. The van der Waals surface area contributed by atoms with Gasteiger partial charge in [0.1, 0.15) is 18.2 Å². The number of anilines is 1. The van der Waals surface area contributed by atoms with Crippen LogP contribution < -0.4 is 16.0 Å². The van der Waals surface area contributed by atoms with Gasteiger partial charge < -0.3 is 25.4 Å². The maximum absolute atomic E-state index is 9.78. The summed E-state index contributed by atoms with van der Waals surface area (Å²) in [6.45, 7) is 10.5. The molecule has 43 heavy (non-hydrogen) atoms. The van der Waals surface area contributed by atoms with Gasteiger partial charge >= 0.3 is 0 Å². The van der Waals surface area contributed by atoms with Crippen molar-refractivity contribution in [1.82, 2.24) is 35.8 Å². The second-order valence-corrected chi connectivity index (χ2v) is 12.0. The number of nitrogens with one attached hydrogen (secondary N) is 3. The maximum atomic E-state index is 9.78. The number of nitriles is 1. The normalized spacial score (nSPS) is 21.8. The number of ether oxygens (including phenoxy) is 2. The first-order valence-electron chi connectivity index (χ1n) is 14.9. The van der Waals surface area contributed by atoms with E-state index in [0.717, 1.165) is 37.0 Å². The molecule has 2 aromatic heterocycles. The van der Waals surface area contributed by atoms with Crippen LogP contribution in [0.4, 0.5) is 5.82 Å². The molecule has 13 heteroatoms. The van der Waals surface area contributed by atoms with E-state index in [1.165, 1.54) is 0 Å². The lowest BCUT2D eigenvalue weighted by atomic mass is 9.82. The monoisotopic (exact) mass is 610 g/mol. The zero-order valence-electron chi connectivity index (χ0n) is 25.4. The van der Waals surface area contributed by atoms with Crippen LogP contribution >= 0.6 is 11.6 Å². The number of nitrogens with zero attached hydrogens (tertiary/aromatic N) is 7. The van der Waals surface area contributed by atoms with E-state index in [2.05, 4.69) is 56.2 Å². The molecule has 0 unspecified atom stereocenters. The molecule has 3 heterocycles. The smallest absolute Gasteiger partial charge is 0.176 e. The van der Waals surface area contributed by atoms with Gasteiger partial charge in [0.05, 0.1) is 23.8 Å². The van der Waals surface area contributed by atoms with Crippen LogP contribution in [0.3, 0.4) is 0 Å². The van der Waals surface area contributed by atoms with Crippen LogP contribution in [-0.2, 0) is 23.1 Å². The van der Waals surface area contributed by atoms with Gasteiger partial charge in [0.2, 0.25) is 0 Å². The highest BCUT2D eigenvalue weighted by Gasteiger charge is 2.32. The summed E-state index contributed by atoms with van der Waals surface area (Å²) >= 11 is 6.56. The third kappa shape index (κ3) is 9.56. The van der Waals surface area contributed by atoms with E-state index in [0.29, 0.717) is 74.4 Å². The molecule has 2 aliphatic rings. The van der Waals surface area contributed by atoms with E-state index in [9.17, 15) is 5.26 Å². The first-order valence-corrected chi connectivity index (χ1v) is 15.3. The van der Waals surface area contributed by atoms with Gasteiger partial charge in [-0.2, -0.15) is 5.26 Å². The van der Waals surface area contributed by atoms with Crippen molar-refractivity contribution in [2.45, 2.75) is 77.1 Å². The molecular formula is C30H43ClN10O2. The van der Waals surface area contributed by atoms with Gasteiger partial charge in [0, 0.05) is 55.5 Å². The van der Waals surface area contributed by atoms with Gasteiger partial charge in [0.15, 0.2) is 5.82 Å². The molecule has 1 saturated heterocycles. The van der Waals surface area contributed by atoms with Gasteiger partial charge in [-0.05, 0) is 87.7 Å². The average Bonchev–Trinajstić information content (AvgIpc) is 3.43. The fourth-order valence-electron chi connectivity index (χ4n) is 5.41. The van der Waals surface area contributed by atoms with Crippen molar-refractivity contribution in [3.63, 3.8) is 0 Å². The number of hydrogen-bond donors (Lipinski definition) is 3. The number of aliphatic imine (C=N–C) groups is 1. The van der Waals surface area contributed by atoms with Crippen LogP contribution in [0.2, 0.25) is 0 Å². The summed E-state index contributed by atoms with van der Waals surface area (Å²) in [5.41, 5.74) is 1.04. The molecule has 4 rings (SSSR count). The summed E-state index contributed by atoms with van der Waals surface area (Å²) in [5.74, 6) is 2.07. The van der Waals surface area contributed by atoms with Crippen molar-refractivity contribution in [2.24, 2.45) is 17.5 Å². The summed E-state index contributed by atoms with van der Waals surface area (Å²) in [5, 5.41) is 32.4. The minimum atomic E-state index is -0.448. The SMILES string of the molecule is C=N/C(=C\C(=C(/C)Cl)c1cccc(NCC2(C#N)CCOCC2)n1)N[C@H]1CC[C@H](N[C@H](C)COCc2nnnn2C)CC1. The summed E-state index contributed by atoms with van der Waals surface area (Å²) in [4.78, 5) is 9.06. The molecule has 0 spiro atoms. The number of allylic oxidation sites excluding steroid dienone is 3. The second-order valence-electron chi connectivity index (χ2n) is 11.4. The highest BCUT2D eigenvalue weighted by Crippen LogP contribution is 2.30. The van der Waals surface area contributed by atoms with Crippen molar-refractivity contribution >= 4 is 29.7 Å². The lowest BCUT2D eigenvalue weighted by Gasteiger charge is -2.32. The standard InChI is InChI=1S/C30H43ClN10O2/c1-21(17-43-18-29-38-39-40-41(29)4)35-23-8-10-24(11-9-23)36-28(33-3)16-25(22(2)31)26-6-5-7-27(37-26)34-20-30(19-32)12-14-42-15-13-30/h5-7,16,21,23-24,35-36H,3,8-15,17-18,20H2,1-2,4H3,(H,34,37)/b25-22-,28-16+/t21-,23-,24-/m1/s1. The minimum Gasteiger partial charge on any atom is -0.381 e. The zero-order chi connectivity index (χ0) is 30.7. The molecule has 2 fully saturated rings. The highest BCUT2D eigenvalue weighted by atomic mass is 35.5. The van der Waals surface area contributed by atoms with Crippen molar-refractivity contribution in [1.29, 1.82) is 5.26 Å². The number of halogens is 1. The molecule has 232 valence electrons. The Bertz CT molecular complexity index is 1300. The lowest BCUT2D eigenvalue weighted by Crippen LogP contribution is -2.44. The Morgan fingerprint density at radius 3 is 2.70 bits per heavy atom. The fourth-order valence-corrected chi connectivity index (χ4v) is 5.57. The Morgan fingerprint density at radius 2 is 2.05 bits per heavy atom. The minimum absolute atomic E-state index is 0.222. The van der Waals surface area contributed by atoms with Crippen LogP contribution in [0.15, 0.2) is 40.1 Å². The number of pyridine rings is 1. The number of rotatable bonds is 14. The molecule has 1 saturated carbocycles. The Labute approximate surface area is 259 Å². The largest absolute Gasteiger partial charge is 0.381 e. The summed E-state index contributed by atoms with van der Waals surface area (Å²) in [6, 6.07) is 9.18. The van der Waals surface area contributed by atoms with E-state index in [1.54, 1.807) is 11.7 Å². The van der Waals surface area contributed by atoms with Crippen LogP contribution in [0.25, 0.3) is 5.57 Å². The average molecular weight is 611 g/mol. The van der Waals surface area contributed by atoms with E-state index < -0.39 is 5.41 Å². The number of aromatic nitrogens is 5. The third-order valence-corrected chi connectivity index (χ3v) is 8.25. The number of aryl methyl sites for hydroxylation is 1. The molecule has 1 aliphatic heterocycles. The van der Waals surface area contributed by atoms with Crippen molar-refractivity contribution < 1.29 is 9.47 Å². The first kappa shape index (κ1) is 32.5. The van der Waals surface area contributed by atoms with Crippen molar-refractivity contribution in [3.05, 3.63) is 46.6 Å². The predicted molar refractivity (Wildman–Crippen MR) is 167 cm³/mol. The molecule has 3 N–H and O–H groups in total. The molecule has 0 amide bonds. The van der Waals surface area contributed by atoms with Crippen LogP contribution in [0.1, 0.15) is 63.9 Å². The van der Waals surface area contributed by atoms with Gasteiger partial charge in [0.25, 0.3) is 0 Å². The summed E-state index contributed by atoms with van der Waals surface area (Å²) < 4.78 is 12.9. The van der Waals surface area contributed by atoms with Crippen LogP contribution in [0, 0.1) is 16.7 Å². The van der Waals surface area contributed by atoms with Gasteiger partial charge in [-0.25, -0.2) is 14.7 Å². The molecule has 12 nitrogen and oxygen atoms in total.